The fraction of sp³-hybridized carbons (Fsp3) is 0.167. The molecule has 0 N–H and O–H groups in total. The van der Waals surface area contributed by atoms with Gasteiger partial charge in [-0.2, -0.15) is 0 Å². The maximum Gasteiger partial charge on any atom is 0.334 e. The molecule has 1 aromatic carbocycles. The van der Waals surface area contributed by atoms with Crippen molar-refractivity contribution < 1.29 is 19.2 Å². The zero-order valence-electron chi connectivity index (χ0n) is 10.2. The lowest BCUT2D eigenvalue weighted by Gasteiger charge is -2.12. The van der Waals surface area contributed by atoms with E-state index < -0.39 is 30.2 Å². The van der Waals surface area contributed by atoms with Gasteiger partial charge in [0.15, 0.2) is 5.78 Å². The van der Waals surface area contributed by atoms with E-state index in [0.29, 0.717) is 9.80 Å². The third kappa shape index (κ3) is 2.39. The molecule has 0 atom stereocenters. The molecule has 1 aliphatic rings. The molecule has 1 aromatic rings. The quantitative estimate of drug-likeness (QED) is 0.482. The molecule has 0 bridgehead atoms. The molecular weight excluding hydrogens is 307 g/mol. The molecule has 1 heterocycles. The van der Waals surface area contributed by atoms with Gasteiger partial charge in [-0.1, -0.05) is 23.2 Å². The van der Waals surface area contributed by atoms with Crippen molar-refractivity contribution in [1.82, 2.24) is 9.80 Å². The van der Waals surface area contributed by atoms with Gasteiger partial charge < -0.3 is 0 Å². The molecule has 104 valence electrons. The van der Waals surface area contributed by atoms with Gasteiger partial charge in [0.2, 0.25) is 0 Å². The molecular formula is C12H8Cl2N2O4. The third-order valence-electron chi connectivity index (χ3n) is 2.79. The van der Waals surface area contributed by atoms with Gasteiger partial charge in [-0.05, 0) is 18.2 Å². The Kier molecular flexibility index (Phi) is 3.78. The van der Waals surface area contributed by atoms with Crippen molar-refractivity contribution in [3.8, 4) is 0 Å². The normalized spacial score (nSPS) is 15.2. The van der Waals surface area contributed by atoms with E-state index in [4.69, 9.17) is 23.2 Å². The molecule has 20 heavy (non-hydrogen) atoms. The van der Waals surface area contributed by atoms with Gasteiger partial charge in [0.05, 0.1) is 16.6 Å². The lowest BCUT2D eigenvalue weighted by Crippen LogP contribution is -2.36. The van der Waals surface area contributed by atoms with Crippen LogP contribution < -0.4 is 0 Å². The van der Waals surface area contributed by atoms with Gasteiger partial charge in [-0.15, -0.1) is 0 Å². The van der Waals surface area contributed by atoms with Crippen LogP contribution in [0.15, 0.2) is 18.2 Å². The number of benzene rings is 1. The van der Waals surface area contributed by atoms with Gasteiger partial charge in [0, 0.05) is 12.6 Å². The number of carbonyl (C=O) groups excluding carboxylic acids is 4. The van der Waals surface area contributed by atoms with Crippen molar-refractivity contribution in [2.45, 2.75) is 0 Å². The Morgan fingerprint density at radius 2 is 1.75 bits per heavy atom. The fourth-order valence-corrected chi connectivity index (χ4v) is 1.96. The average molecular weight is 315 g/mol. The van der Waals surface area contributed by atoms with Crippen LogP contribution in [0.1, 0.15) is 10.4 Å². The first kappa shape index (κ1) is 14.5. The number of nitrogens with zero attached hydrogens (tertiary/aromatic N) is 2. The number of imide groups is 2. The van der Waals surface area contributed by atoms with Crippen LogP contribution in [0.2, 0.25) is 10.0 Å². The van der Waals surface area contributed by atoms with Crippen LogP contribution >= 0.6 is 23.2 Å². The number of rotatable bonds is 3. The second-order valence-corrected chi connectivity index (χ2v) is 4.90. The monoisotopic (exact) mass is 314 g/mol. The molecule has 0 aromatic heterocycles. The summed E-state index contributed by atoms with van der Waals surface area (Å²) >= 11 is 11.5. The predicted octanol–water partition coefficient (Wildman–Crippen LogP) is 1.60. The number of Topliss-reactive ketones (excluding diaryl/α,β-unsaturated/α-hetero) is 1. The van der Waals surface area contributed by atoms with E-state index in [1.54, 1.807) is 0 Å². The van der Waals surface area contributed by atoms with Crippen molar-refractivity contribution in [1.29, 1.82) is 0 Å². The lowest BCUT2D eigenvalue weighted by molar-refractivity contribution is -0.142. The highest BCUT2D eigenvalue weighted by Crippen LogP contribution is 2.23. The number of ketones is 1. The molecule has 0 radical (unpaired) electrons. The lowest BCUT2D eigenvalue weighted by atomic mass is 10.1. The molecule has 1 aliphatic heterocycles. The first-order valence-corrected chi connectivity index (χ1v) is 6.20. The van der Waals surface area contributed by atoms with Crippen LogP contribution in [0, 0.1) is 0 Å². The fourth-order valence-electron chi connectivity index (χ4n) is 1.66. The van der Waals surface area contributed by atoms with E-state index in [-0.39, 0.29) is 15.6 Å². The largest absolute Gasteiger partial charge is 0.334 e. The SMILES string of the molecule is CN1C(=O)C(=O)N(CC(=O)c2ccc(Cl)c(Cl)c2)C1=O. The molecule has 6 nitrogen and oxygen atoms in total. The van der Waals surface area contributed by atoms with Gasteiger partial charge in [0.25, 0.3) is 0 Å². The van der Waals surface area contributed by atoms with Crippen molar-refractivity contribution >= 4 is 46.8 Å². The Bertz CT molecular complexity index is 644. The number of urea groups is 1. The van der Waals surface area contributed by atoms with Crippen molar-refractivity contribution in [3.63, 3.8) is 0 Å². The minimum atomic E-state index is -1.02. The van der Waals surface area contributed by atoms with E-state index in [1.807, 2.05) is 0 Å². The Morgan fingerprint density at radius 1 is 1.10 bits per heavy atom. The molecule has 0 saturated carbocycles. The van der Waals surface area contributed by atoms with Crippen LogP contribution in [0.3, 0.4) is 0 Å². The smallest absolute Gasteiger partial charge is 0.292 e. The van der Waals surface area contributed by atoms with E-state index in [1.165, 1.54) is 25.2 Å². The van der Waals surface area contributed by atoms with Crippen LogP contribution in [0.5, 0.6) is 0 Å². The number of amides is 4. The van der Waals surface area contributed by atoms with E-state index in [2.05, 4.69) is 0 Å². The third-order valence-corrected chi connectivity index (χ3v) is 3.53. The highest BCUT2D eigenvalue weighted by molar-refractivity contribution is 6.45. The van der Waals surface area contributed by atoms with Gasteiger partial charge in [0.1, 0.15) is 0 Å². The van der Waals surface area contributed by atoms with Crippen LogP contribution in [0.25, 0.3) is 0 Å². The molecule has 0 unspecified atom stereocenters. The zero-order chi connectivity index (χ0) is 15.0. The first-order chi connectivity index (χ1) is 9.32. The average Bonchev–Trinajstić information content (AvgIpc) is 2.59. The molecule has 1 saturated heterocycles. The van der Waals surface area contributed by atoms with E-state index in [0.717, 1.165) is 0 Å². The number of carbonyl (C=O) groups is 4. The summed E-state index contributed by atoms with van der Waals surface area (Å²) in [5, 5.41) is 0.469. The first-order valence-electron chi connectivity index (χ1n) is 5.44. The number of hydrogen-bond acceptors (Lipinski definition) is 4. The summed E-state index contributed by atoms with van der Waals surface area (Å²) < 4.78 is 0. The summed E-state index contributed by atoms with van der Waals surface area (Å²) in [7, 11) is 1.17. The highest BCUT2D eigenvalue weighted by atomic mass is 35.5. The Morgan fingerprint density at radius 3 is 2.25 bits per heavy atom. The summed E-state index contributed by atoms with van der Waals surface area (Å²) in [5.74, 6) is -2.50. The summed E-state index contributed by atoms with van der Waals surface area (Å²) in [4.78, 5) is 47.7. The molecule has 2 rings (SSSR count). The van der Waals surface area contributed by atoms with Crippen LogP contribution in [0.4, 0.5) is 4.79 Å². The van der Waals surface area contributed by atoms with Crippen molar-refractivity contribution in [2.75, 3.05) is 13.6 Å². The number of halogens is 2. The Labute approximate surface area is 123 Å². The molecule has 1 fully saturated rings. The molecule has 0 spiro atoms. The number of hydrogen-bond donors (Lipinski definition) is 0. The summed E-state index contributed by atoms with van der Waals surface area (Å²) in [6.45, 7) is -0.522. The topological polar surface area (TPSA) is 74.8 Å². The summed E-state index contributed by atoms with van der Waals surface area (Å²) in [5.41, 5.74) is 0.196. The van der Waals surface area contributed by atoms with Gasteiger partial charge in [-0.3, -0.25) is 19.3 Å². The molecule has 4 amide bonds. The maximum atomic E-state index is 12.0. The van der Waals surface area contributed by atoms with Crippen LogP contribution in [-0.2, 0) is 9.59 Å². The van der Waals surface area contributed by atoms with E-state index in [9.17, 15) is 19.2 Å². The zero-order valence-corrected chi connectivity index (χ0v) is 11.7. The molecule has 0 aliphatic carbocycles. The second-order valence-electron chi connectivity index (χ2n) is 4.09. The minimum absolute atomic E-state index is 0.185. The predicted molar refractivity (Wildman–Crippen MR) is 70.7 cm³/mol. The highest BCUT2D eigenvalue weighted by Gasteiger charge is 2.42. The van der Waals surface area contributed by atoms with Gasteiger partial charge in [-0.25, -0.2) is 9.69 Å². The van der Waals surface area contributed by atoms with E-state index >= 15 is 0 Å². The van der Waals surface area contributed by atoms with Gasteiger partial charge >= 0.3 is 17.8 Å². The van der Waals surface area contributed by atoms with Crippen molar-refractivity contribution in [2.24, 2.45) is 0 Å². The Balaban J connectivity index is 2.20. The van der Waals surface area contributed by atoms with Crippen LogP contribution in [-0.4, -0.2) is 47.0 Å². The second kappa shape index (κ2) is 5.22. The number of likely N-dealkylation sites (N-methyl/N-ethyl adjacent to an activating group) is 1. The molecule has 8 heteroatoms. The summed E-state index contributed by atoms with van der Waals surface area (Å²) in [6, 6.07) is 3.37. The standard InChI is InChI=1S/C12H8Cl2N2O4/c1-15-10(18)11(19)16(12(15)20)5-9(17)6-2-3-7(13)8(14)4-6/h2-4H,5H2,1H3. The van der Waals surface area contributed by atoms with Crippen molar-refractivity contribution in [3.05, 3.63) is 33.8 Å². The minimum Gasteiger partial charge on any atom is -0.292 e. The summed E-state index contributed by atoms with van der Waals surface area (Å²) in [6.07, 6.45) is 0. The Hall–Kier alpha value is -1.92. The maximum absolute atomic E-state index is 12.0.